The molecule has 3 aromatic heterocycles. The molecule has 7 aromatic carbocycles. The van der Waals surface area contributed by atoms with E-state index in [1.165, 1.54) is 82.1 Å². The minimum Gasteiger partial charge on any atom is -0.456 e. The molecule has 230 valence electrons. The van der Waals surface area contributed by atoms with Crippen LogP contribution in [-0.2, 0) is 0 Å². The molecule has 10 aromatic rings. The minimum atomic E-state index is 0.900. The molecular formula is C42H31B5N2O. The van der Waals surface area contributed by atoms with Gasteiger partial charge in [-0.25, -0.2) is 0 Å². The first-order valence-corrected chi connectivity index (χ1v) is 17.5. The fourth-order valence-corrected chi connectivity index (χ4v) is 8.64. The normalized spacial score (nSPS) is 12.0. The van der Waals surface area contributed by atoms with Crippen LogP contribution >= 0.6 is 0 Å². The monoisotopic (exact) mass is 634 g/mol. The number of aromatic nitrogens is 2. The van der Waals surface area contributed by atoms with Gasteiger partial charge >= 0.3 is 0 Å². The summed E-state index contributed by atoms with van der Waals surface area (Å²) >= 11 is 0. The van der Waals surface area contributed by atoms with E-state index in [1.54, 1.807) is 0 Å². The number of hydrogen-bond donors (Lipinski definition) is 0. The predicted molar refractivity (Wildman–Crippen MR) is 229 cm³/mol. The lowest BCUT2D eigenvalue weighted by molar-refractivity contribution is 0.668. The minimum absolute atomic E-state index is 0.900. The van der Waals surface area contributed by atoms with Gasteiger partial charge in [0.15, 0.2) is 0 Å². The standard InChI is InChI=1S/C42H31B5N2O/c43-38-35(39(44)41(46)42(47)40(38)45)22-13-15-23(16-14-22)48-29-10-4-1-8-27(29)36-31(48)19-20-32-37(36)28-9-2-5-11-30(28)49(32)24-17-18-26-25-7-3-6-12-33(25)50-34(26)21-24/h1-21H,43-47H2. The van der Waals surface area contributed by atoms with Crippen LogP contribution in [0.15, 0.2) is 132 Å². The van der Waals surface area contributed by atoms with Crippen molar-refractivity contribution in [2.24, 2.45) is 0 Å². The molecule has 0 aliphatic heterocycles. The molecule has 0 N–H and O–H groups in total. The number of furan rings is 1. The van der Waals surface area contributed by atoms with Crippen LogP contribution in [0.5, 0.6) is 0 Å². The highest BCUT2D eigenvalue weighted by Gasteiger charge is 2.21. The maximum atomic E-state index is 6.35. The van der Waals surface area contributed by atoms with Crippen molar-refractivity contribution < 1.29 is 4.42 Å². The number of hydrogen-bond acceptors (Lipinski definition) is 1. The van der Waals surface area contributed by atoms with E-state index in [4.69, 9.17) is 4.42 Å². The van der Waals surface area contributed by atoms with E-state index < -0.39 is 0 Å². The first-order chi connectivity index (χ1) is 24.4. The second-order valence-electron chi connectivity index (χ2n) is 13.9. The first kappa shape index (κ1) is 29.2. The molecule has 10 rings (SSSR count). The zero-order valence-electron chi connectivity index (χ0n) is 28.9. The highest BCUT2D eigenvalue weighted by atomic mass is 16.3. The fourth-order valence-electron chi connectivity index (χ4n) is 8.64. The van der Waals surface area contributed by atoms with Gasteiger partial charge < -0.3 is 13.6 Å². The first-order valence-electron chi connectivity index (χ1n) is 17.5. The van der Waals surface area contributed by atoms with E-state index in [0.717, 1.165) is 33.3 Å². The van der Waals surface area contributed by atoms with Crippen molar-refractivity contribution in [3.63, 3.8) is 0 Å². The summed E-state index contributed by atoms with van der Waals surface area (Å²) in [7, 11) is 11.3. The Hall–Kier alpha value is -5.74. The largest absolute Gasteiger partial charge is 0.456 e. The third-order valence-corrected chi connectivity index (χ3v) is 11.5. The number of fused-ring (bicyclic) bond motifs is 10. The summed E-state index contributed by atoms with van der Waals surface area (Å²) in [6.45, 7) is 0. The van der Waals surface area contributed by atoms with Gasteiger partial charge in [0.25, 0.3) is 0 Å². The third kappa shape index (κ3) is 3.93. The molecule has 0 aliphatic rings. The average Bonchev–Trinajstić information content (AvgIpc) is 3.80. The number of para-hydroxylation sites is 3. The van der Waals surface area contributed by atoms with Crippen LogP contribution in [0, 0.1) is 0 Å². The lowest BCUT2D eigenvalue weighted by atomic mass is 9.60. The van der Waals surface area contributed by atoms with Crippen molar-refractivity contribution >= 4 is 132 Å². The van der Waals surface area contributed by atoms with E-state index in [9.17, 15) is 0 Å². The Bertz CT molecular complexity index is 3010. The molecule has 0 bridgehead atoms. The van der Waals surface area contributed by atoms with E-state index in [-0.39, 0.29) is 0 Å². The van der Waals surface area contributed by atoms with Gasteiger partial charge in [-0.1, -0.05) is 77.7 Å². The highest BCUT2D eigenvalue weighted by molar-refractivity contribution is 6.68. The smallest absolute Gasteiger partial charge is 0.139 e. The van der Waals surface area contributed by atoms with Gasteiger partial charge in [0.05, 0.1) is 22.1 Å². The number of rotatable bonds is 3. The van der Waals surface area contributed by atoms with E-state index >= 15 is 0 Å². The van der Waals surface area contributed by atoms with Gasteiger partial charge in [0, 0.05) is 49.8 Å². The van der Waals surface area contributed by atoms with Crippen molar-refractivity contribution in [3.05, 3.63) is 127 Å². The Labute approximate surface area is 294 Å². The van der Waals surface area contributed by atoms with Crippen LogP contribution in [0.4, 0.5) is 0 Å². The lowest BCUT2D eigenvalue weighted by Crippen LogP contribution is -2.55. The molecule has 3 nitrogen and oxygen atoms in total. The maximum Gasteiger partial charge on any atom is 0.139 e. The van der Waals surface area contributed by atoms with Gasteiger partial charge in [-0.05, 0) is 65.7 Å². The van der Waals surface area contributed by atoms with Gasteiger partial charge in [-0.2, -0.15) is 0 Å². The quantitative estimate of drug-likeness (QED) is 0.275. The molecule has 0 spiro atoms. The summed E-state index contributed by atoms with van der Waals surface area (Å²) in [5, 5.41) is 7.33. The molecule has 8 heteroatoms. The third-order valence-electron chi connectivity index (χ3n) is 11.5. The number of nitrogens with zero attached hydrogens (tertiary/aromatic N) is 2. The Morgan fingerprint density at radius 1 is 0.380 bits per heavy atom. The van der Waals surface area contributed by atoms with Crippen LogP contribution in [0.2, 0.25) is 0 Å². The molecule has 0 amide bonds. The topological polar surface area (TPSA) is 23.0 Å². The molecular weight excluding hydrogens is 603 g/mol. The second kappa shape index (κ2) is 10.6. The molecule has 0 unspecified atom stereocenters. The summed E-state index contributed by atoms with van der Waals surface area (Å²) in [5.41, 5.74) is 18.4. The van der Waals surface area contributed by atoms with Crippen molar-refractivity contribution in [1.29, 1.82) is 0 Å². The molecule has 0 aliphatic carbocycles. The van der Waals surface area contributed by atoms with E-state index in [2.05, 4.69) is 164 Å². The molecule has 0 saturated carbocycles. The zero-order valence-corrected chi connectivity index (χ0v) is 28.9. The Morgan fingerprint density at radius 2 is 0.860 bits per heavy atom. The summed E-state index contributed by atoms with van der Waals surface area (Å²) < 4.78 is 11.2. The summed E-state index contributed by atoms with van der Waals surface area (Å²) in [6.07, 6.45) is 0. The summed E-state index contributed by atoms with van der Waals surface area (Å²) in [4.78, 5) is 0. The predicted octanol–water partition coefficient (Wildman–Crippen LogP) is 2.74. The van der Waals surface area contributed by atoms with E-state index in [0.29, 0.717) is 0 Å². The second-order valence-corrected chi connectivity index (χ2v) is 13.9. The highest BCUT2D eigenvalue weighted by Crippen LogP contribution is 2.43. The van der Waals surface area contributed by atoms with Gasteiger partial charge in [-0.3, -0.25) is 0 Å². The molecule has 0 fully saturated rings. The summed E-state index contributed by atoms with van der Waals surface area (Å²) in [5.74, 6) is 0. The van der Waals surface area contributed by atoms with E-state index in [1.807, 2.05) is 12.1 Å². The Balaban J connectivity index is 1.22. The average molecular weight is 634 g/mol. The summed E-state index contributed by atoms with van der Waals surface area (Å²) in [6, 6.07) is 46.3. The molecule has 0 atom stereocenters. The Morgan fingerprint density at radius 3 is 1.48 bits per heavy atom. The molecule has 50 heavy (non-hydrogen) atoms. The lowest BCUT2D eigenvalue weighted by Gasteiger charge is -2.20. The van der Waals surface area contributed by atoms with Crippen molar-refractivity contribution in [2.45, 2.75) is 0 Å². The van der Waals surface area contributed by atoms with Gasteiger partial charge in [0.2, 0.25) is 0 Å². The molecule has 3 heterocycles. The van der Waals surface area contributed by atoms with Crippen molar-refractivity contribution in [1.82, 2.24) is 9.13 Å². The van der Waals surface area contributed by atoms with Gasteiger partial charge in [-0.15, -0.1) is 16.4 Å². The van der Waals surface area contributed by atoms with Crippen LogP contribution < -0.4 is 27.3 Å². The maximum absolute atomic E-state index is 6.35. The SMILES string of the molecule is Bc1c(B)c(B)c(-c2ccc(-n3c4ccccc4c4c5c6ccccc6n(-c6ccc7c(c6)oc6ccccc67)c5ccc43)cc2)c(B)c1B. The molecule has 0 radical (unpaired) electrons. The van der Waals surface area contributed by atoms with Crippen molar-refractivity contribution in [3.8, 4) is 22.5 Å². The zero-order chi connectivity index (χ0) is 33.8. The van der Waals surface area contributed by atoms with Crippen molar-refractivity contribution in [2.75, 3.05) is 0 Å². The Kier molecular flexibility index (Phi) is 6.21. The fraction of sp³-hybridized carbons (Fsp3) is 0. The van der Waals surface area contributed by atoms with Crippen LogP contribution in [0.3, 0.4) is 0 Å². The number of benzene rings is 7. The van der Waals surface area contributed by atoms with Crippen LogP contribution in [-0.4, -0.2) is 48.4 Å². The van der Waals surface area contributed by atoms with Crippen LogP contribution in [0.1, 0.15) is 0 Å². The van der Waals surface area contributed by atoms with Gasteiger partial charge in [0.1, 0.15) is 50.4 Å². The molecule has 0 saturated heterocycles. The van der Waals surface area contributed by atoms with Crippen LogP contribution in [0.25, 0.3) is 88.1 Å².